The normalized spacial score (nSPS) is 16.0. The summed E-state index contributed by atoms with van der Waals surface area (Å²) < 4.78 is 16.1. The Hall–Kier alpha value is -3.12. The summed E-state index contributed by atoms with van der Waals surface area (Å²) in [5, 5.41) is 3.89. The van der Waals surface area contributed by atoms with Crippen molar-refractivity contribution in [3.63, 3.8) is 0 Å². The van der Waals surface area contributed by atoms with E-state index in [0.29, 0.717) is 41.8 Å². The Morgan fingerprint density at radius 1 is 1.14 bits per heavy atom. The molecule has 2 heterocycles. The van der Waals surface area contributed by atoms with Crippen LogP contribution in [0.5, 0.6) is 11.5 Å². The highest BCUT2D eigenvalue weighted by Crippen LogP contribution is 2.33. The van der Waals surface area contributed by atoms with Crippen LogP contribution in [-0.4, -0.2) is 44.9 Å². The van der Waals surface area contributed by atoms with Crippen LogP contribution in [0.4, 0.5) is 0 Å². The summed E-state index contributed by atoms with van der Waals surface area (Å²) in [6, 6.07) is 15.1. The van der Waals surface area contributed by atoms with E-state index in [-0.39, 0.29) is 5.91 Å². The number of rotatable bonds is 6. The lowest BCUT2D eigenvalue weighted by molar-refractivity contribution is 0.0946. The van der Waals surface area contributed by atoms with E-state index in [4.69, 9.17) is 19.2 Å². The summed E-state index contributed by atoms with van der Waals surface area (Å²) in [4.78, 5) is 17.8. The molecule has 2 aromatic carbocycles. The van der Waals surface area contributed by atoms with Gasteiger partial charge in [0.2, 0.25) is 0 Å². The number of aromatic nitrogens is 1. The maximum atomic E-state index is 13.0. The lowest BCUT2D eigenvalue weighted by Crippen LogP contribution is -2.29. The van der Waals surface area contributed by atoms with Crippen molar-refractivity contribution < 1.29 is 19.0 Å². The van der Waals surface area contributed by atoms with Gasteiger partial charge in [0.25, 0.3) is 5.91 Å². The van der Waals surface area contributed by atoms with E-state index < -0.39 is 0 Å². The number of pyridine rings is 1. The minimum Gasteiger partial charge on any atom is -0.493 e. The topological polar surface area (TPSA) is 69.7 Å². The molecule has 0 unspecified atom stereocenters. The molecule has 1 amide bonds. The van der Waals surface area contributed by atoms with Gasteiger partial charge in [-0.25, -0.2) is 4.98 Å². The molecule has 1 aliphatic rings. The van der Waals surface area contributed by atoms with Gasteiger partial charge in [0.1, 0.15) is 0 Å². The molecule has 4 rings (SSSR count). The number of carbonyl (C=O) groups is 1. The van der Waals surface area contributed by atoms with Gasteiger partial charge in [-0.15, -0.1) is 0 Å². The molecule has 0 aliphatic carbocycles. The Bertz CT molecular complexity index is 1030. The molecule has 1 N–H and O–H groups in total. The first-order valence-corrected chi connectivity index (χ1v) is 9.67. The average Bonchev–Trinajstić information content (AvgIpc) is 3.30. The number of fused-ring (bicyclic) bond motifs is 1. The number of hydrogen-bond acceptors (Lipinski definition) is 5. The van der Waals surface area contributed by atoms with E-state index in [2.05, 4.69) is 5.32 Å². The number of hydrogen-bond donors (Lipinski definition) is 1. The lowest BCUT2D eigenvalue weighted by atomic mass is 10.0. The first kappa shape index (κ1) is 19.2. The lowest BCUT2D eigenvalue weighted by Gasteiger charge is -2.13. The van der Waals surface area contributed by atoms with Gasteiger partial charge in [-0.05, 0) is 36.8 Å². The average molecular weight is 392 g/mol. The van der Waals surface area contributed by atoms with Crippen molar-refractivity contribution in [2.24, 2.45) is 5.92 Å². The standard InChI is InChI=1S/C23H24N2O4/c1-27-21-8-7-16(11-22(21)28-2)20-12-18(17-5-3-4-6-19(17)25-20)23(26)24-13-15-9-10-29-14-15/h3-8,11-12,15H,9-10,13-14H2,1-2H3,(H,24,26)/t15-/m0/s1. The van der Waals surface area contributed by atoms with Crippen molar-refractivity contribution in [3.05, 3.63) is 54.1 Å². The van der Waals surface area contributed by atoms with Gasteiger partial charge in [-0.2, -0.15) is 0 Å². The number of nitrogens with zero attached hydrogens (tertiary/aromatic N) is 1. The van der Waals surface area contributed by atoms with Gasteiger partial charge in [-0.3, -0.25) is 4.79 Å². The number of benzene rings is 2. The fraction of sp³-hybridized carbons (Fsp3) is 0.304. The summed E-state index contributed by atoms with van der Waals surface area (Å²) >= 11 is 0. The summed E-state index contributed by atoms with van der Waals surface area (Å²) in [6.07, 6.45) is 0.980. The van der Waals surface area contributed by atoms with Crippen molar-refractivity contribution in [1.29, 1.82) is 0 Å². The second kappa shape index (κ2) is 8.49. The molecule has 3 aromatic rings. The monoisotopic (exact) mass is 392 g/mol. The molecule has 0 bridgehead atoms. The van der Waals surface area contributed by atoms with Crippen LogP contribution in [0.2, 0.25) is 0 Å². The number of amides is 1. The molecule has 1 atom stereocenters. The molecule has 150 valence electrons. The second-order valence-electron chi connectivity index (χ2n) is 7.08. The highest BCUT2D eigenvalue weighted by molar-refractivity contribution is 6.07. The van der Waals surface area contributed by atoms with Gasteiger partial charge in [0.15, 0.2) is 11.5 Å². The predicted molar refractivity (Wildman–Crippen MR) is 112 cm³/mol. The van der Waals surface area contributed by atoms with E-state index in [1.807, 2.05) is 48.5 Å². The Morgan fingerprint density at radius 3 is 2.72 bits per heavy atom. The van der Waals surface area contributed by atoms with Crippen molar-refractivity contribution >= 4 is 16.8 Å². The third kappa shape index (κ3) is 4.03. The highest BCUT2D eigenvalue weighted by atomic mass is 16.5. The van der Waals surface area contributed by atoms with E-state index in [0.717, 1.165) is 29.5 Å². The van der Waals surface area contributed by atoms with E-state index >= 15 is 0 Å². The fourth-order valence-corrected chi connectivity index (χ4v) is 3.58. The zero-order valence-corrected chi connectivity index (χ0v) is 16.6. The molecule has 1 aliphatic heterocycles. The molecular weight excluding hydrogens is 368 g/mol. The zero-order valence-electron chi connectivity index (χ0n) is 16.6. The Morgan fingerprint density at radius 2 is 1.97 bits per heavy atom. The summed E-state index contributed by atoms with van der Waals surface area (Å²) in [7, 11) is 3.20. The Labute approximate surface area is 169 Å². The minimum absolute atomic E-state index is 0.0998. The number of methoxy groups -OCH3 is 2. The van der Waals surface area contributed by atoms with Gasteiger partial charge >= 0.3 is 0 Å². The number of ether oxygens (including phenoxy) is 3. The first-order valence-electron chi connectivity index (χ1n) is 9.67. The van der Waals surface area contributed by atoms with Crippen LogP contribution in [0.1, 0.15) is 16.8 Å². The predicted octanol–water partition coefficient (Wildman–Crippen LogP) is 3.69. The van der Waals surface area contributed by atoms with Crippen molar-refractivity contribution in [2.75, 3.05) is 34.0 Å². The fourth-order valence-electron chi connectivity index (χ4n) is 3.58. The first-order chi connectivity index (χ1) is 14.2. The van der Waals surface area contributed by atoms with E-state index in [9.17, 15) is 4.79 Å². The third-order valence-corrected chi connectivity index (χ3v) is 5.22. The van der Waals surface area contributed by atoms with Gasteiger partial charge in [0, 0.05) is 30.0 Å². The van der Waals surface area contributed by atoms with Crippen molar-refractivity contribution in [3.8, 4) is 22.8 Å². The smallest absolute Gasteiger partial charge is 0.252 e. The maximum Gasteiger partial charge on any atom is 0.252 e. The van der Waals surface area contributed by atoms with Crippen LogP contribution in [0.3, 0.4) is 0 Å². The van der Waals surface area contributed by atoms with Crippen LogP contribution in [0.15, 0.2) is 48.5 Å². The molecule has 6 heteroatoms. The van der Waals surface area contributed by atoms with E-state index in [1.54, 1.807) is 14.2 Å². The molecule has 0 saturated carbocycles. The van der Waals surface area contributed by atoms with Crippen LogP contribution in [0.25, 0.3) is 22.2 Å². The van der Waals surface area contributed by atoms with Crippen molar-refractivity contribution in [2.45, 2.75) is 6.42 Å². The zero-order chi connectivity index (χ0) is 20.2. The Kier molecular flexibility index (Phi) is 5.62. The highest BCUT2D eigenvalue weighted by Gasteiger charge is 2.19. The van der Waals surface area contributed by atoms with Crippen LogP contribution in [0, 0.1) is 5.92 Å². The summed E-state index contributed by atoms with van der Waals surface area (Å²) in [5.74, 6) is 1.54. The quantitative estimate of drug-likeness (QED) is 0.693. The molecule has 6 nitrogen and oxygen atoms in total. The second-order valence-corrected chi connectivity index (χ2v) is 7.08. The molecule has 1 saturated heterocycles. The van der Waals surface area contributed by atoms with Crippen LogP contribution >= 0.6 is 0 Å². The molecule has 0 radical (unpaired) electrons. The van der Waals surface area contributed by atoms with Gasteiger partial charge < -0.3 is 19.5 Å². The molecule has 0 spiro atoms. The summed E-state index contributed by atoms with van der Waals surface area (Å²) in [6.45, 7) is 2.08. The molecule has 1 aromatic heterocycles. The largest absolute Gasteiger partial charge is 0.493 e. The van der Waals surface area contributed by atoms with Crippen LogP contribution in [-0.2, 0) is 4.74 Å². The molecule has 1 fully saturated rings. The van der Waals surface area contributed by atoms with Gasteiger partial charge in [0.05, 0.1) is 37.6 Å². The van der Waals surface area contributed by atoms with Crippen molar-refractivity contribution in [1.82, 2.24) is 10.3 Å². The minimum atomic E-state index is -0.0998. The number of para-hydroxylation sites is 1. The summed E-state index contributed by atoms with van der Waals surface area (Å²) in [5.41, 5.74) is 2.94. The molecular formula is C23H24N2O4. The SMILES string of the molecule is COc1ccc(-c2cc(C(=O)NC[C@@H]3CCOC3)c3ccccc3n2)cc1OC. The van der Waals surface area contributed by atoms with Crippen LogP contribution < -0.4 is 14.8 Å². The number of carbonyl (C=O) groups excluding carboxylic acids is 1. The molecule has 29 heavy (non-hydrogen) atoms. The number of nitrogens with one attached hydrogen (secondary N) is 1. The Balaban J connectivity index is 1.71. The third-order valence-electron chi connectivity index (χ3n) is 5.22. The maximum absolute atomic E-state index is 13.0. The van der Waals surface area contributed by atoms with E-state index in [1.165, 1.54) is 0 Å². The van der Waals surface area contributed by atoms with Gasteiger partial charge in [-0.1, -0.05) is 18.2 Å².